The Kier molecular flexibility index (Phi) is 6.30. The van der Waals surface area contributed by atoms with Crippen LogP contribution < -0.4 is 10.6 Å². The van der Waals surface area contributed by atoms with Crippen molar-refractivity contribution in [2.24, 2.45) is 5.41 Å². The normalized spacial score (nSPS) is 11.3. The molecule has 21 heavy (non-hydrogen) atoms. The van der Waals surface area contributed by atoms with Crippen molar-refractivity contribution in [3.05, 3.63) is 29.8 Å². The van der Waals surface area contributed by atoms with Gasteiger partial charge in [-0.1, -0.05) is 13.8 Å². The maximum atomic E-state index is 11.2. The molecule has 0 saturated heterocycles. The highest BCUT2D eigenvalue weighted by Crippen LogP contribution is 2.14. The molecule has 0 aliphatic carbocycles. The van der Waals surface area contributed by atoms with Crippen molar-refractivity contribution in [1.29, 1.82) is 0 Å². The molecule has 1 aromatic rings. The second-order valence-corrected chi connectivity index (χ2v) is 6.75. The Morgan fingerprint density at radius 3 is 2.29 bits per heavy atom. The number of hydrogen-bond acceptors (Lipinski definition) is 3. The number of benzene rings is 1. The molecule has 1 rings (SSSR count). The van der Waals surface area contributed by atoms with Gasteiger partial charge in [0.1, 0.15) is 0 Å². The zero-order chi connectivity index (χ0) is 16.0. The molecule has 0 amide bonds. The van der Waals surface area contributed by atoms with Gasteiger partial charge in [0.2, 0.25) is 0 Å². The van der Waals surface area contributed by atoms with Crippen LogP contribution >= 0.6 is 12.2 Å². The highest BCUT2D eigenvalue weighted by Gasteiger charge is 2.18. The third-order valence-electron chi connectivity index (χ3n) is 3.02. The second-order valence-electron chi connectivity index (χ2n) is 6.34. The number of rotatable bonds is 6. The maximum Gasteiger partial charge on any atom is 0.170 e. The fourth-order valence-electron chi connectivity index (χ4n) is 2.20. The fraction of sp³-hybridized carbons (Fsp3) is 0.500. The van der Waals surface area contributed by atoms with E-state index in [1.165, 1.54) is 0 Å². The van der Waals surface area contributed by atoms with E-state index < -0.39 is 0 Å². The van der Waals surface area contributed by atoms with Gasteiger partial charge in [0.15, 0.2) is 10.9 Å². The summed E-state index contributed by atoms with van der Waals surface area (Å²) in [5.41, 5.74) is 1.71. The molecule has 116 valence electrons. The molecular weight excluding hydrogens is 282 g/mol. The summed E-state index contributed by atoms with van der Waals surface area (Å²) in [5, 5.41) is 6.97. The summed E-state index contributed by atoms with van der Waals surface area (Å²) in [7, 11) is 4.13. The summed E-state index contributed by atoms with van der Waals surface area (Å²) < 4.78 is 0. The minimum absolute atomic E-state index is 0.0627. The summed E-state index contributed by atoms with van der Waals surface area (Å²) in [4.78, 5) is 13.4. The molecule has 5 heteroatoms. The zero-order valence-corrected chi connectivity index (χ0v) is 14.3. The first-order valence-corrected chi connectivity index (χ1v) is 7.41. The number of thiocarbonyl (C=S) groups is 1. The number of nitrogens with zero attached hydrogens (tertiary/aromatic N) is 1. The molecule has 0 heterocycles. The first kappa shape index (κ1) is 17.6. The first-order valence-electron chi connectivity index (χ1n) is 7.00. The third-order valence-corrected chi connectivity index (χ3v) is 3.27. The van der Waals surface area contributed by atoms with Gasteiger partial charge in [-0.15, -0.1) is 0 Å². The van der Waals surface area contributed by atoms with Gasteiger partial charge < -0.3 is 15.5 Å². The van der Waals surface area contributed by atoms with Gasteiger partial charge in [-0.05, 0) is 62.9 Å². The van der Waals surface area contributed by atoms with Crippen LogP contribution in [0.3, 0.4) is 0 Å². The van der Waals surface area contributed by atoms with Gasteiger partial charge in [-0.3, -0.25) is 4.79 Å². The van der Waals surface area contributed by atoms with E-state index in [9.17, 15) is 4.79 Å². The van der Waals surface area contributed by atoms with Gasteiger partial charge in [0, 0.05) is 24.3 Å². The monoisotopic (exact) mass is 307 g/mol. The number of Topliss-reactive ketones (excluding diaryl/α,β-unsaturated/α-hetero) is 1. The van der Waals surface area contributed by atoms with Gasteiger partial charge >= 0.3 is 0 Å². The van der Waals surface area contributed by atoms with Gasteiger partial charge in [-0.25, -0.2) is 0 Å². The molecule has 0 bridgehead atoms. The van der Waals surface area contributed by atoms with E-state index in [4.69, 9.17) is 12.2 Å². The van der Waals surface area contributed by atoms with Crippen LogP contribution in [0.15, 0.2) is 24.3 Å². The largest absolute Gasteiger partial charge is 0.362 e. The summed E-state index contributed by atoms with van der Waals surface area (Å²) >= 11 is 5.30. The lowest BCUT2D eigenvalue weighted by Crippen LogP contribution is -2.41. The molecular formula is C16H25N3OS. The molecule has 0 fully saturated rings. The molecule has 0 saturated carbocycles. The molecule has 0 atom stereocenters. The second kappa shape index (κ2) is 7.52. The van der Waals surface area contributed by atoms with Crippen molar-refractivity contribution in [3.63, 3.8) is 0 Å². The topological polar surface area (TPSA) is 44.4 Å². The van der Waals surface area contributed by atoms with Crippen molar-refractivity contribution in [3.8, 4) is 0 Å². The Balaban J connectivity index is 2.48. The molecule has 4 nitrogen and oxygen atoms in total. The lowest BCUT2D eigenvalue weighted by atomic mass is 9.93. The van der Waals surface area contributed by atoms with Gasteiger partial charge in [0.25, 0.3) is 0 Å². The van der Waals surface area contributed by atoms with E-state index in [2.05, 4.69) is 43.5 Å². The number of hydrogen-bond donors (Lipinski definition) is 2. The van der Waals surface area contributed by atoms with E-state index in [0.29, 0.717) is 10.7 Å². The highest BCUT2D eigenvalue weighted by atomic mass is 32.1. The van der Waals surface area contributed by atoms with Crippen LogP contribution in [0.5, 0.6) is 0 Å². The molecule has 0 aliphatic heterocycles. The van der Waals surface area contributed by atoms with Crippen LogP contribution in [0.1, 0.15) is 31.1 Å². The van der Waals surface area contributed by atoms with Crippen LogP contribution in [0.25, 0.3) is 0 Å². The number of anilines is 1. The zero-order valence-electron chi connectivity index (χ0n) is 13.5. The van der Waals surface area contributed by atoms with Crippen molar-refractivity contribution in [2.75, 3.05) is 32.5 Å². The summed E-state index contributed by atoms with van der Waals surface area (Å²) in [5.74, 6) is 0.0627. The van der Waals surface area contributed by atoms with Crippen LogP contribution in [0, 0.1) is 5.41 Å². The number of ketones is 1. The van der Waals surface area contributed by atoms with Crippen LogP contribution in [0.4, 0.5) is 5.69 Å². The Bertz CT molecular complexity index is 495. The third kappa shape index (κ3) is 6.69. The Morgan fingerprint density at radius 1 is 1.24 bits per heavy atom. The minimum atomic E-state index is 0.0627. The van der Waals surface area contributed by atoms with Crippen LogP contribution in [-0.2, 0) is 0 Å². The molecule has 0 aliphatic rings. The highest BCUT2D eigenvalue weighted by molar-refractivity contribution is 7.80. The first-order chi connectivity index (χ1) is 9.69. The number of carbonyl (C=O) groups excluding carboxylic acids is 1. The van der Waals surface area contributed by atoms with E-state index in [1.54, 1.807) is 19.1 Å². The average molecular weight is 307 g/mol. The Hall–Kier alpha value is -1.46. The number of nitrogens with one attached hydrogen (secondary N) is 2. The quantitative estimate of drug-likeness (QED) is 0.625. The minimum Gasteiger partial charge on any atom is -0.362 e. The Morgan fingerprint density at radius 2 is 1.81 bits per heavy atom. The van der Waals surface area contributed by atoms with Crippen molar-refractivity contribution >= 4 is 28.8 Å². The molecule has 0 aromatic heterocycles. The number of carbonyl (C=O) groups is 1. The summed E-state index contributed by atoms with van der Waals surface area (Å²) in [6, 6.07) is 7.30. The van der Waals surface area contributed by atoms with Gasteiger partial charge in [0.05, 0.1) is 0 Å². The predicted octanol–water partition coefficient (Wildman–Crippen LogP) is 2.76. The van der Waals surface area contributed by atoms with Crippen molar-refractivity contribution in [2.45, 2.75) is 20.8 Å². The van der Waals surface area contributed by atoms with Crippen molar-refractivity contribution < 1.29 is 4.79 Å². The maximum absolute atomic E-state index is 11.2. The Labute approximate surface area is 132 Å². The fourth-order valence-corrected chi connectivity index (χ4v) is 2.39. The van der Waals surface area contributed by atoms with E-state index in [1.807, 2.05) is 12.1 Å². The van der Waals surface area contributed by atoms with E-state index in [0.717, 1.165) is 18.8 Å². The molecule has 1 aromatic carbocycles. The summed E-state index contributed by atoms with van der Waals surface area (Å²) in [6.45, 7) is 7.73. The van der Waals surface area contributed by atoms with Crippen LogP contribution in [0.2, 0.25) is 0 Å². The lowest BCUT2D eigenvalue weighted by Gasteiger charge is -2.29. The van der Waals surface area contributed by atoms with E-state index >= 15 is 0 Å². The van der Waals surface area contributed by atoms with Gasteiger partial charge in [-0.2, -0.15) is 0 Å². The summed E-state index contributed by atoms with van der Waals surface area (Å²) in [6.07, 6.45) is 0. The standard InChI is InChI=1S/C16H25N3OS/c1-12(20)13-6-8-14(9-7-13)18-15(21)17-10-16(2,3)11-19(4)5/h6-9H,10-11H2,1-5H3,(H2,17,18,21). The van der Waals surface area contributed by atoms with Crippen molar-refractivity contribution in [1.82, 2.24) is 10.2 Å². The predicted molar refractivity (Wildman–Crippen MR) is 93.0 cm³/mol. The lowest BCUT2D eigenvalue weighted by molar-refractivity contribution is 0.101. The smallest absolute Gasteiger partial charge is 0.170 e. The van der Waals surface area contributed by atoms with Crippen LogP contribution in [-0.4, -0.2) is 43.0 Å². The average Bonchev–Trinajstić information content (AvgIpc) is 2.36. The molecule has 0 radical (unpaired) electrons. The van der Waals surface area contributed by atoms with E-state index in [-0.39, 0.29) is 11.2 Å². The SMILES string of the molecule is CC(=O)c1ccc(NC(=S)NCC(C)(C)CN(C)C)cc1. The molecule has 2 N–H and O–H groups in total. The molecule has 0 unspecified atom stereocenters. The molecule has 0 spiro atoms.